The Hall–Kier alpha value is -3.26. The van der Waals surface area contributed by atoms with Gasteiger partial charge in [0.1, 0.15) is 11.5 Å². The number of hydrogen-bond donors (Lipinski definition) is 1. The monoisotopic (exact) mass is 423 g/mol. The van der Waals surface area contributed by atoms with Crippen molar-refractivity contribution in [3.63, 3.8) is 0 Å². The summed E-state index contributed by atoms with van der Waals surface area (Å²) in [5, 5.41) is 16.1. The van der Waals surface area contributed by atoms with E-state index in [1.54, 1.807) is 17.8 Å². The summed E-state index contributed by atoms with van der Waals surface area (Å²) in [6.07, 6.45) is 6.99. The highest BCUT2D eigenvalue weighted by atomic mass is 16.5. The summed E-state index contributed by atoms with van der Waals surface area (Å²) in [6, 6.07) is 12.0. The van der Waals surface area contributed by atoms with Crippen molar-refractivity contribution in [1.82, 2.24) is 14.5 Å². The van der Waals surface area contributed by atoms with Gasteiger partial charge >= 0.3 is 0 Å². The predicted molar refractivity (Wildman–Crippen MR) is 121 cm³/mol. The lowest BCUT2D eigenvalue weighted by Gasteiger charge is -2.36. The molecule has 1 saturated heterocycles. The molecule has 1 aliphatic heterocycles. The molecule has 0 radical (unpaired) electrons. The number of rotatable bonds is 9. The maximum absolute atomic E-state index is 8.76. The minimum atomic E-state index is 0.676. The van der Waals surface area contributed by atoms with Crippen LogP contribution in [0.25, 0.3) is 5.52 Å². The second-order valence-corrected chi connectivity index (χ2v) is 7.59. The van der Waals surface area contributed by atoms with Crippen LogP contribution in [0.5, 0.6) is 11.5 Å². The molecule has 4 rings (SSSR count). The van der Waals surface area contributed by atoms with Crippen LogP contribution in [0.2, 0.25) is 0 Å². The molecule has 2 aromatic heterocycles. The van der Waals surface area contributed by atoms with Gasteiger partial charge in [0.05, 0.1) is 37.3 Å². The zero-order chi connectivity index (χ0) is 21.5. The van der Waals surface area contributed by atoms with Gasteiger partial charge in [0, 0.05) is 44.0 Å². The first-order valence-corrected chi connectivity index (χ1v) is 10.7. The van der Waals surface area contributed by atoms with Crippen LogP contribution in [0.3, 0.4) is 0 Å². The van der Waals surface area contributed by atoms with E-state index in [1.165, 1.54) is 11.9 Å². The minimum Gasteiger partial charge on any atom is -0.495 e. The Morgan fingerprint density at radius 1 is 1.13 bits per heavy atom. The molecule has 0 saturated carbocycles. The normalized spacial score (nSPS) is 15.1. The second kappa shape index (κ2) is 10.2. The number of anilines is 1. The van der Waals surface area contributed by atoms with Crippen LogP contribution in [-0.4, -0.2) is 72.4 Å². The third-order valence-electron chi connectivity index (χ3n) is 5.66. The fraction of sp³-hybridized carbons (Fsp3) is 0.391. The Labute approximate surface area is 182 Å². The molecule has 3 aromatic rings. The number of hydrogen-bond acceptors (Lipinski definition) is 7. The van der Waals surface area contributed by atoms with Crippen LogP contribution in [0.1, 0.15) is 18.4 Å². The van der Waals surface area contributed by atoms with Gasteiger partial charge in [-0.2, -0.15) is 5.10 Å². The number of piperazine rings is 1. The highest BCUT2D eigenvalue weighted by Crippen LogP contribution is 2.28. The Kier molecular flexibility index (Phi) is 6.89. The fourth-order valence-corrected chi connectivity index (χ4v) is 3.96. The number of pyridine rings is 1. The van der Waals surface area contributed by atoms with Gasteiger partial charge in [0.25, 0.3) is 0 Å². The molecule has 164 valence electrons. The van der Waals surface area contributed by atoms with E-state index >= 15 is 0 Å². The van der Waals surface area contributed by atoms with Gasteiger partial charge in [0.15, 0.2) is 0 Å². The Balaban J connectivity index is 1.18. The van der Waals surface area contributed by atoms with Crippen molar-refractivity contribution in [2.24, 2.45) is 5.16 Å². The lowest BCUT2D eigenvalue weighted by Crippen LogP contribution is -2.46. The Morgan fingerprint density at radius 3 is 2.77 bits per heavy atom. The predicted octanol–water partition coefficient (Wildman–Crippen LogP) is 3.13. The lowest BCUT2D eigenvalue weighted by atomic mass is 10.2. The summed E-state index contributed by atoms with van der Waals surface area (Å²) in [7, 11) is 1.73. The van der Waals surface area contributed by atoms with Crippen molar-refractivity contribution < 1.29 is 14.7 Å². The molecule has 0 amide bonds. The van der Waals surface area contributed by atoms with E-state index in [4.69, 9.17) is 14.7 Å². The van der Waals surface area contributed by atoms with E-state index < -0.39 is 0 Å². The van der Waals surface area contributed by atoms with Gasteiger partial charge < -0.3 is 19.6 Å². The maximum atomic E-state index is 8.76. The number of oxime groups is 1. The SMILES string of the molecule is COc1ccccc1N1CCN(CCCCOc2ccn3ncc(/C=N\O)c3c2)CC1. The van der Waals surface area contributed by atoms with Crippen molar-refractivity contribution in [3.05, 3.63) is 54.4 Å². The van der Waals surface area contributed by atoms with Gasteiger partial charge in [-0.1, -0.05) is 17.3 Å². The Bertz CT molecular complexity index is 1010. The van der Waals surface area contributed by atoms with Crippen molar-refractivity contribution >= 4 is 17.4 Å². The van der Waals surface area contributed by atoms with E-state index in [1.807, 2.05) is 30.5 Å². The molecule has 0 atom stereocenters. The number of benzene rings is 1. The van der Waals surface area contributed by atoms with E-state index in [2.05, 4.69) is 32.2 Å². The summed E-state index contributed by atoms with van der Waals surface area (Å²) >= 11 is 0. The van der Waals surface area contributed by atoms with Crippen LogP contribution in [-0.2, 0) is 0 Å². The fourth-order valence-electron chi connectivity index (χ4n) is 3.96. The summed E-state index contributed by atoms with van der Waals surface area (Å²) in [4.78, 5) is 4.92. The third-order valence-corrected chi connectivity index (χ3v) is 5.66. The molecule has 0 aliphatic carbocycles. The van der Waals surface area contributed by atoms with Gasteiger partial charge in [0.2, 0.25) is 0 Å². The lowest BCUT2D eigenvalue weighted by molar-refractivity contribution is 0.238. The van der Waals surface area contributed by atoms with Crippen molar-refractivity contribution in [1.29, 1.82) is 0 Å². The standard InChI is InChI=1S/C23H29N5O3/c1-30-23-7-3-2-6-21(23)27-13-11-26(12-14-27)9-4-5-15-31-20-8-10-28-22(16-20)19(17-24-28)18-25-29/h2-3,6-8,10,16-18,29H,4-5,9,11-15H2,1H3/b25-18-. The largest absolute Gasteiger partial charge is 0.495 e. The van der Waals surface area contributed by atoms with E-state index in [9.17, 15) is 0 Å². The van der Waals surface area contributed by atoms with Crippen LogP contribution < -0.4 is 14.4 Å². The second-order valence-electron chi connectivity index (χ2n) is 7.59. The number of methoxy groups -OCH3 is 1. The topological polar surface area (TPSA) is 74.8 Å². The zero-order valence-electron chi connectivity index (χ0n) is 17.9. The quantitative estimate of drug-likeness (QED) is 0.247. The average Bonchev–Trinajstić information content (AvgIpc) is 3.21. The molecular formula is C23H29N5O3. The Morgan fingerprint density at radius 2 is 1.97 bits per heavy atom. The van der Waals surface area contributed by atoms with Gasteiger partial charge in [-0.3, -0.25) is 4.90 Å². The molecule has 31 heavy (non-hydrogen) atoms. The molecule has 3 heterocycles. The molecule has 0 unspecified atom stereocenters. The molecule has 1 aliphatic rings. The summed E-state index contributed by atoms with van der Waals surface area (Å²) in [6.45, 7) is 5.91. The molecule has 8 nitrogen and oxygen atoms in total. The molecule has 8 heteroatoms. The molecule has 0 spiro atoms. The molecule has 1 aromatic carbocycles. The van der Waals surface area contributed by atoms with Crippen molar-refractivity contribution in [2.45, 2.75) is 12.8 Å². The number of nitrogens with zero attached hydrogens (tertiary/aromatic N) is 5. The summed E-state index contributed by atoms with van der Waals surface area (Å²) in [5.41, 5.74) is 2.78. The van der Waals surface area contributed by atoms with E-state index in [0.29, 0.717) is 6.61 Å². The molecule has 1 fully saturated rings. The van der Waals surface area contributed by atoms with Crippen LogP contribution in [0, 0.1) is 0 Å². The number of ether oxygens (including phenoxy) is 2. The number of unbranched alkanes of at least 4 members (excludes halogenated alkanes) is 1. The zero-order valence-corrected chi connectivity index (χ0v) is 17.9. The van der Waals surface area contributed by atoms with Crippen molar-refractivity contribution in [3.8, 4) is 11.5 Å². The highest BCUT2D eigenvalue weighted by Gasteiger charge is 2.19. The van der Waals surface area contributed by atoms with Gasteiger partial charge in [-0.05, 0) is 37.6 Å². The summed E-state index contributed by atoms with van der Waals surface area (Å²) in [5.74, 6) is 1.74. The smallest absolute Gasteiger partial charge is 0.142 e. The molecular weight excluding hydrogens is 394 g/mol. The van der Waals surface area contributed by atoms with E-state index in [0.717, 1.165) is 68.1 Å². The first kappa shape index (κ1) is 21.0. The van der Waals surface area contributed by atoms with Crippen LogP contribution in [0.15, 0.2) is 53.9 Å². The highest BCUT2D eigenvalue weighted by molar-refractivity contribution is 5.88. The van der Waals surface area contributed by atoms with Crippen molar-refractivity contribution in [2.75, 3.05) is 51.3 Å². The molecule has 0 bridgehead atoms. The number of aromatic nitrogens is 2. The first-order valence-electron chi connectivity index (χ1n) is 10.7. The maximum Gasteiger partial charge on any atom is 0.142 e. The van der Waals surface area contributed by atoms with Gasteiger partial charge in [-0.25, -0.2) is 4.52 Å². The molecule has 1 N–H and O–H groups in total. The summed E-state index contributed by atoms with van der Waals surface area (Å²) < 4.78 is 13.1. The number of para-hydroxylation sites is 2. The third kappa shape index (κ3) is 5.08. The van der Waals surface area contributed by atoms with E-state index in [-0.39, 0.29) is 0 Å². The first-order chi connectivity index (χ1) is 15.3. The van der Waals surface area contributed by atoms with Crippen LogP contribution >= 0.6 is 0 Å². The average molecular weight is 424 g/mol. The van der Waals surface area contributed by atoms with Gasteiger partial charge in [-0.15, -0.1) is 0 Å². The number of fused-ring (bicyclic) bond motifs is 1. The van der Waals surface area contributed by atoms with Crippen LogP contribution in [0.4, 0.5) is 5.69 Å². The minimum absolute atomic E-state index is 0.676.